The minimum Gasteiger partial charge on any atom is -0.304 e. The molecule has 0 unspecified atom stereocenters. The molecule has 0 aromatic heterocycles. The maximum absolute atomic E-state index is 2.43. The Hall–Kier alpha value is -0.820. The van der Waals surface area contributed by atoms with Gasteiger partial charge in [0.2, 0.25) is 0 Å². The monoisotopic (exact) mass is 217 g/mol. The van der Waals surface area contributed by atoms with Crippen molar-refractivity contribution in [3.8, 4) is 0 Å². The molecule has 0 fully saturated rings. The number of aryl methyl sites for hydroxylation is 2. The summed E-state index contributed by atoms with van der Waals surface area (Å²) in [5.74, 6) is 0. The van der Waals surface area contributed by atoms with Gasteiger partial charge in [-0.3, -0.25) is 0 Å². The molecule has 0 radical (unpaired) electrons. The fraction of sp³-hybridized carbons (Fsp3) is 0.600. The minimum atomic E-state index is 0.648. The number of hydrogen-bond acceptors (Lipinski definition) is 1. The Labute approximate surface area is 99.5 Å². The van der Waals surface area contributed by atoms with Crippen LogP contribution < -0.4 is 0 Å². The van der Waals surface area contributed by atoms with E-state index < -0.39 is 0 Å². The molecule has 0 spiro atoms. The topological polar surface area (TPSA) is 3.24 Å². The molecule has 1 nitrogen and oxygen atoms in total. The number of nitrogens with zero attached hydrogens (tertiary/aromatic N) is 1. The Balaban J connectivity index is 1.95. The Morgan fingerprint density at radius 3 is 2.69 bits per heavy atom. The second-order valence-corrected chi connectivity index (χ2v) is 5.28. The van der Waals surface area contributed by atoms with E-state index >= 15 is 0 Å². The van der Waals surface area contributed by atoms with Gasteiger partial charge < -0.3 is 4.90 Å². The maximum Gasteiger partial charge on any atom is 0.00356 e. The van der Waals surface area contributed by atoms with Crippen molar-refractivity contribution in [1.82, 2.24) is 4.90 Å². The molecule has 1 aliphatic rings. The molecular formula is C15H23N. The molecule has 2 rings (SSSR count). The Morgan fingerprint density at radius 2 is 1.94 bits per heavy atom. The highest BCUT2D eigenvalue weighted by molar-refractivity contribution is 5.35. The average molecular weight is 217 g/mol. The largest absolute Gasteiger partial charge is 0.304 e. The van der Waals surface area contributed by atoms with Gasteiger partial charge in [-0.25, -0.2) is 0 Å². The van der Waals surface area contributed by atoms with Crippen LogP contribution in [-0.2, 0) is 19.3 Å². The van der Waals surface area contributed by atoms with E-state index in [1.165, 1.54) is 31.2 Å². The van der Waals surface area contributed by atoms with E-state index in [4.69, 9.17) is 0 Å². The molecule has 1 heteroatoms. The zero-order valence-electron chi connectivity index (χ0n) is 10.8. The molecule has 0 amide bonds. The van der Waals surface area contributed by atoms with E-state index in [9.17, 15) is 0 Å². The first-order valence-corrected chi connectivity index (χ1v) is 6.48. The van der Waals surface area contributed by atoms with Crippen LogP contribution in [0, 0.1) is 0 Å². The molecule has 1 aromatic rings. The van der Waals surface area contributed by atoms with Crippen LogP contribution in [0.1, 0.15) is 37.0 Å². The summed E-state index contributed by atoms with van der Waals surface area (Å²) in [6.07, 6.45) is 5.12. The molecule has 0 bridgehead atoms. The molecule has 1 aromatic carbocycles. The lowest BCUT2D eigenvalue weighted by molar-refractivity contribution is 0.277. The van der Waals surface area contributed by atoms with Gasteiger partial charge in [-0.2, -0.15) is 0 Å². The second-order valence-electron chi connectivity index (χ2n) is 5.28. The van der Waals surface area contributed by atoms with Gasteiger partial charge in [0.05, 0.1) is 0 Å². The van der Waals surface area contributed by atoms with E-state index in [0.717, 1.165) is 6.54 Å². The lowest BCUT2D eigenvalue weighted by Gasteiger charge is -2.20. The summed E-state index contributed by atoms with van der Waals surface area (Å²) in [6.45, 7) is 5.67. The van der Waals surface area contributed by atoms with Crippen molar-refractivity contribution >= 4 is 0 Å². The van der Waals surface area contributed by atoms with Gasteiger partial charge in [-0.15, -0.1) is 0 Å². The molecule has 88 valence electrons. The van der Waals surface area contributed by atoms with E-state index in [1.807, 2.05) is 0 Å². The Bertz CT molecular complexity index is 354. The number of likely N-dealkylation sites (N-methyl/N-ethyl adjacent to an activating group) is 1. The van der Waals surface area contributed by atoms with Gasteiger partial charge in [-0.1, -0.05) is 18.2 Å². The number of hydrogen-bond donors (Lipinski definition) is 0. The molecule has 0 heterocycles. The molecule has 0 aliphatic heterocycles. The van der Waals surface area contributed by atoms with Crippen LogP contribution >= 0.6 is 0 Å². The van der Waals surface area contributed by atoms with Gasteiger partial charge in [0, 0.05) is 12.6 Å². The van der Waals surface area contributed by atoms with E-state index in [2.05, 4.69) is 44.0 Å². The average Bonchev–Trinajstić information content (AvgIpc) is 2.72. The van der Waals surface area contributed by atoms with Gasteiger partial charge >= 0.3 is 0 Å². The molecule has 0 N–H and O–H groups in total. The lowest BCUT2D eigenvalue weighted by atomic mass is 10.0. The van der Waals surface area contributed by atoms with E-state index in [1.54, 1.807) is 11.1 Å². The highest BCUT2D eigenvalue weighted by Gasteiger charge is 2.11. The summed E-state index contributed by atoms with van der Waals surface area (Å²) in [7, 11) is 2.21. The second kappa shape index (κ2) is 5.01. The van der Waals surface area contributed by atoms with Crippen molar-refractivity contribution < 1.29 is 0 Å². The van der Waals surface area contributed by atoms with Crippen LogP contribution in [0.5, 0.6) is 0 Å². The highest BCUT2D eigenvalue weighted by atomic mass is 15.1. The maximum atomic E-state index is 2.43. The van der Waals surface area contributed by atoms with Gasteiger partial charge in [0.25, 0.3) is 0 Å². The van der Waals surface area contributed by atoms with Crippen molar-refractivity contribution in [2.45, 2.75) is 45.6 Å². The van der Waals surface area contributed by atoms with Crippen molar-refractivity contribution in [3.05, 3.63) is 34.9 Å². The van der Waals surface area contributed by atoms with Crippen LogP contribution in [0.25, 0.3) is 0 Å². The first kappa shape index (κ1) is 11.7. The third kappa shape index (κ3) is 2.65. The van der Waals surface area contributed by atoms with Crippen LogP contribution in [-0.4, -0.2) is 24.5 Å². The molecule has 1 aliphatic carbocycles. The zero-order chi connectivity index (χ0) is 11.5. The Kier molecular flexibility index (Phi) is 3.65. The van der Waals surface area contributed by atoms with Crippen LogP contribution in [0.3, 0.4) is 0 Å². The predicted molar refractivity (Wildman–Crippen MR) is 69.9 cm³/mol. The van der Waals surface area contributed by atoms with Gasteiger partial charge in [0.15, 0.2) is 0 Å². The number of rotatable bonds is 4. The molecule has 0 atom stereocenters. The molecule has 0 saturated carbocycles. The molecule has 16 heavy (non-hydrogen) atoms. The molecular weight excluding hydrogens is 194 g/mol. The summed E-state index contributed by atoms with van der Waals surface area (Å²) in [5.41, 5.74) is 4.69. The summed E-state index contributed by atoms with van der Waals surface area (Å²) in [6, 6.07) is 7.73. The quantitative estimate of drug-likeness (QED) is 0.749. The van der Waals surface area contributed by atoms with Crippen molar-refractivity contribution in [2.75, 3.05) is 13.6 Å². The van der Waals surface area contributed by atoms with Crippen molar-refractivity contribution in [1.29, 1.82) is 0 Å². The normalized spacial score (nSPS) is 14.8. The standard InChI is InChI=1S/C15H23N/c1-12(2)16(3)10-9-13-7-8-14-5-4-6-15(14)11-13/h7-8,11-12H,4-6,9-10H2,1-3H3. The smallest absolute Gasteiger partial charge is 0.00356 e. The third-order valence-corrected chi connectivity index (χ3v) is 3.80. The summed E-state index contributed by atoms with van der Waals surface area (Å²) >= 11 is 0. The number of benzene rings is 1. The fourth-order valence-corrected chi connectivity index (χ4v) is 2.34. The summed E-state index contributed by atoms with van der Waals surface area (Å²) in [4.78, 5) is 2.41. The third-order valence-electron chi connectivity index (χ3n) is 3.80. The lowest BCUT2D eigenvalue weighted by Crippen LogP contribution is -2.28. The van der Waals surface area contributed by atoms with Gasteiger partial charge in [0.1, 0.15) is 0 Å². The first-order chi connectivity index (χ1) is 7.66. The molecule has 0 saturated heterocycles. The van der Waals surface area contributed by atoms with E-state index in [-0.39, 0.29) is 0 Å². The van der Waals surface area contributed by atoms with E-state index in [0.29, 0.717) is 6.04 Å². The highest BCUT2D eigenvalue weighted by Crippen LogP contribution is 2.23. The van der Waals surface area contributed by atoms with Crippen molar-refractivity contribution in [3.63, 3.8) is 0 Å². The summed E-state index contributed by atoms with van der Waals surface area (Å²) in [5, 5.41) is 0. The fourth-order valence-electron chi connectivity index (χ4n) is 2.34. The van der Waals surface area contributed by atoms with Gasteiger partial charge in [-0.05, 0) is 63.3 Å². The first-order valence-electron chi connectivity index (χ1n) is 6.48. The van der Waals surface area contributed by atoms with Crippen LogP contribution in [0.4, 0.5) is 0 Å². The summed E-state index contributed by atoms with van der Waals surface area (Å²) < 4.78 is 0. The SMILES string of the molecule is CC(C)N(C)CCc1ccc2c(c1)CCC2. The number of fused-ring (bicyclic) bond motifs is 1. The van der Waals surface area contributed by atoms with Crippen molar-refractivity contribution in [2.24, 2.45) is 0 Å². The minimum absolute atomic E-state index is 0.648. The van der Waals surface area contributed by atoms with Crippen LogP contribution in [0.2, 0.25) is 0 Å². The predicted octanol–water partition coefficient (Wildman–Crippen LogP) is 3.06. The Morgan fingerprint density at radius 1 is 1.19 bits per heavy atom. The zero-order valence-corrected chi connectivity index (χ0v) is 10.8. The van der Waals surface area contributed by atoms with Crippen LogP contribution in [0.15, 0.2) is 18.2 Å².